The summed E-state index contributed by atoms with van der Waals surface area (Å²) in [5, 5.41) is 1.12. The van der Waals surface area contributed by atoms with Gasteiger partial charge in [0.15, 0.2) is 11.6 Å². The minimum Gasteiger partial charge on any atom is -0.373 e. The Morgan fingerprint density at radius 1 is 0.964 bits per heavy atom. The molecular formula is C23H20Cl2O3. The Kier molecular flexibility index (Phi) is 4.38. The molecule has 5 rings (SSSR count). The van der Waals surface area contributed by atoms with Gasteiger partial charge in [0.25, 0.3) is 0 Å². The van der Waals surface area contributed by atoms with Gasteiger partial charge in [0.05, 0.1) is 24.0 Å². The van der Waals surface area contributed by atoms with Crippen molar-refractivity contribution in [2.45, 2.75) is 44.3 Å². The zero-order valence-corrected chi connectivity index (χ0v) is 17.0. The minimum atomic E-state index is -0.678. The highest BCUT2D eigenvalue weighted by Gasteiger charge is 2.63. The van der Waals surface area contributed by atoms with Gasteiger partial charge in [-0.05, 0) is 54.2 Å². The molecule has 2 aliphatic heterocycles. The lowest BCUT2D eigenvalue weighted by Crippen LogP contribution is -2.29. The summed E-state index contributed by atoms with van der Waals surface area (Å²) in [6.45, 7) is 2.05. The number of aryl methyl sites for hydroxylation is 1. The Labute approximate surface area is 174 Å². The third kappa shape index (κ3) is 2.60. The summed E-state index contributed by atoms with van der Waals surface area (Å²) < 4.78 is 5.87. The lowest BCUT2D eigenvalue weighted by Gasteiger charge is -2.17. The van der Waals surface area contributed by atoms with Crippen LogP contribution in [0.25, 0.3) is 11.1 Å². The van der Waals surface area contributed by atoms with Crippen molar-refractivity contribution in [3.05, 3.63) is 57.6 Å². The Bertz CT molecular complexity index is 971. The van der Waals surface area contributed by atoms with Crippen molar-refractivity contribution in [3.63, 3.8) is 0 Å². The van der Waals surface area contributed by atoms with Gasteiger partial charge in [-0.15, -0.1) is 0 Å². The molecule has 28 heavy (non-hydrogen) atoms. The molecule has 2 bridgehead atoms. The minimum absolute atomic E-state index is 0.0382. The zero-order valence-electron chi connectivity index (χ0n) is 15.5. The summed E-state index contributed by atoms with van der Waals surface area (Å²) in [6, 6.07) is 11.3. The predicted molar refractivity (Wildman–Crippen MR) is 109 cm³/mol. The Morgan fingerprint density at radius 3 is 2.25 bits per heavy atom. The molecule has 2 aromatic carbocycles. The molecule has 0 aromatic heterocycles. The Morgan fingerprint density at radius 2 is 1.64 bits per heavy atom. The SMILES string of the molecule is CCc1ccc(-c2ccc(Cl)cc2Cl)cc1C1C(=O)C2C3CCC(O3)C2C1=O. The van der Waals surface area contributed by atoms with Crippen LogP contribution in [-0.2, 0) is 20.7 Å². The number of halogens is 2. The lowest BCUT2D eigenvalue weighted by molar-refractivity contribution is -0.127. The van der Waals surface area contributed by atoms with Crippen molar-refractivity contribution >= 4 is 34.8 Å². The second-order valence-corrected chi connectivity index (χ2v) is 8.81. The van der Waals surface area contributed by atoms with Crippen LogP contribution in [0.4, 0.5) is 0 Å². The van der Waals surface area contributed by atoms with E-state index >= 15 is 0 Å². The molecular weight excluding hydrogens is 395 g/mol. The van der Waals surface area contributed by atoms with Crippen molar-refractivity contribution in [2.75, 3.05) is 0 Å². The number of hydrogen-bond donors (Lipinski definition) is 0. The van der Waals surface area contributed by atoms with Crippen molar-refractivity contribution in [3.8, 4) is 11.1 Å². The number of benzene rings is 2. The lowest BCUT2D eigenvalue weighted by atomic mass is 9.81. The van der Waals surface area contributed by atoms with E-state index in [4.69, 9.17) is 27.9 Å². The number of carbonyl (C=O) groups is 2. The molecule has 3 aliphatic rings. The quantitative estimate of drug-likeness (QED) is 0.643. The van der Waals surface area contributed by atoms with Crippen LogP contribution in [0.3, 0.4) is 0 Å². The molecule has 4 atom stereocenters. The van der Waals surface area contributed by atoms with Gasteiger partial charge < -0.3 is 4.74 Å². The summed E-state index contributed by atoms with van der Waals surface area (Å²) in [6.07, 6.45) is 2.39. The molecule has 144 valence electrons. The van der Waals surface area contributed by atoms with Crippen LogP contribution in [0.1, 0.15) is 36.8 Å². The maximum atomic E-state index is 13.3. The standard InChI is InChI=1S/C23H20Cl2O3/c1-2-11-3-4-12(14-6-5-13(24)10-16(14)25)9-15(11)19-22(26)20-17-7-8-18(28-17)21(20)23(19)27/h3-6,9-10,17-21H,2,7-8H2,1H3. The molecule has 1 aliphatic carbocycles. The first kappa shape index (κ1) is 18.4. The third-order valence-corrected chi connectivity index (χ3v) is 7.13. The maximum Gasteiger partial charge on any atom is 0.154 e. The Hall–Kier alpha value is -1.68. The van der Waals surface area contributed by atoms with Crippen molar-refractivity contribution in [1.29, 1.82) is 0 Å². The van der Waals surface area contributed by atoms with Gasteiger partial charge in [-0.1, -0.05) is 48.3 Å². The van der Waals surface area contributed by atoms with Crippen LogP contribution < -0.4 is 0 Å². The molecule has 2 aromatic rings. The molecule has 0 N–H and O–H groups in total. The van der Waals surface area contributed by atoms with Crippen LogP contribution >= 0.6 is 23.2 Å². The fraction of sp³-hybridized carbons (Fsp3) is 0.391. The number of ketones is 2. The van der Waals surface area contributed by atoms with E-state index in [0.29, 0.717) is 10.0 Å². The second-order valence-electron chi connectivity index (χ2n) is 7.97. The summed E-state index contributed by atoms with van der Waals surface area (Å²) in [4.78, 5) is 26.5. The van der Waals surface area contributed by atoms with E-state index < -0.39 is 5.92 Å². The van der Waals surface area contributed by atoms with Crippen LogP contribution in [-0.4, -0.2) is 23.8 Å². The summed E-state index contributed by atoms with van der Waals surface area (Å²) in [7, 11) is 0. The molecule has 5 heteroatoms. The fourth-order valence-corrected chi connectivity index (χ4v) is 5.83. The molecule has 0 spiro atoms. The zero-order chi connectivity index (χ0) is 19.6. The van der Waals surface area contributed by atoms with Crippen LogP contribution in [0.2, 0.25) is 10.0 Å². The molecule has 2 saturated heterocycles. The van der Waals surface area contributed by atoms with E-state index in [9.17, 15) is 9.59 Å². The van der Waals surface area contributed by atoms with Gasteiger partial charge in [-0.2, -0.15) is 0 Å². The van der Waals surface area contributed by atoms with Crippen LogP contribution in [0.15, 0.2) is 36.4 Å². The van der Waals surface area contributed by atoms with Gasteiger partial charge in [-0.25, -0.2) is 0 Å². The number of hydrogen-bond acceptors (Lipinski definition) is 3. The Balaban J connectivity index is 1.60. The topological polar surface area (TPSA) is 43.4 Å². The first-order chi connectivity index (χ1) is 13.5. The van der Waals surface area contributed by atoms with Gasteiger partial charge in [0.2, 0.25) is 0 Å². The number of Topliss-reactive ketones (excluding diaryl/α,β-unsaturated/α-hetero) is 2. The van der Waals surface area contributed by atoms with Gasteiger partial charge in [-0.3, -0.25) is 9.59 Å². The number of rotatable bonds is 3. The highest BCUT2D eigenvalue weighted by atomic mass is 35.5. The third-order valence-electron chi connectivity index (χ3n) is 6.58. The van der Waals surface area contributed by atoms with E-state index in [1.807, 2.05) is 31.2 Å². The first-order valence-electron chi connectivity index (χ1n) is 9.80. The van der Waals surface area contributed by atoms with Gasteiger partial charge >= 0.3 is 0 Å². The highest BCUT2D eigenvalue weighted by molar-refractivity contribution is 6.36. The molecule has 3 fully saturated rings. The molecule has 2 heterocycles. The summed E-state index contributed by atoms with van der Waals surface area (Å²) >= 11 is 12.4. The van der Waals surface area contributed by atoms with E-state index in [-0.39, 0.29) is 35.6 Å². The molecule has 3 nitrogen and oxygen atoms in total. The smallest absolute Gasteiger partial charge is 0.154 e. The summed E-state index contributed by atoms with van der Waals surface area (Å²) in [5.74, 6) is -1.12. The second kappa shape index (κ2) is 6.69. The first-order valence-corrected chi connectivity index (χ1v) is 10.6. The van der Waals surface area contributed by atoms with Crippen LogP contribution in [0, 0.1) is 11.8 Å². The molecule has 0 amide bonds. The van der Waals surface area contributed by atoms with E-state index in [0.717, 1.165) is 41.5 Å². The summed E-state index contributed by atoms with van der Waals surface area (Å²) in [5.41, 5.74) is 3.60. The number of ether oxygens (including phenoxy) is 1. The highest BCUT2D eigenvalue weighted by Crippen LogP contribution is 2.52. The number of carbonyl (C=O) groups excluding carboxylic acids is 2. The number of fused-ring (bicyclic) bond motifs is 5. The van der Waals surface area contributed by atoms with E-state index in [1.54, 1.807) is 12.1 Å². The van der Waals surface area contributed by atoms with Gasteiger partial charge in [0.1, 0.15) is 5.92 Å². The van der Waals surface area contributed by atoms with Crippen LogP contribution in [0.5, 0.6) is 0 Å². The normalized spacial score (nSPS) is 30.9. The van der Waals surface area contributed by atoms with Crippen molar-refractivity contribution < 1.29 is 14.3 Å². The van der Waals surface area contributed by atoms with E-state index in [2.05, 4.69) is 0 Å². The molecule has 0 radical (unpaired) electrons. The fourth-order valence-electron chi connectivity index (χ4n) is 5.31. The largest absolute Gasteiger partial charge is 0.373 e. The van der Waals surface area contributed by atoms with Crippen molar-refractivity contribution in [2.24, 2.45) is 11.8 Å². The average Bonchev–Trinajstić information content (AvgIpc) is 3.35. The van der Waals surface area contributed by atoms with Gasteiger partial charge in [0, 0.05) is 15.6 Å². The molecule has 1 saturated carbocycles. The average molecular weight is 415 g/mol. The molecule has 4 unspecified atom stereocenters. The van der Waals surface area contributed by atoms with Crippen molar-refractivity contribution in [1.82, 2.24) is 0 Å². The predicted octanol–water partition coefficient (Wildman–Crippen LogP) is 5.25. The maximum absolute atomic E-state index is 13.3. The van der Waals surface area contributed by atoms with E-state index in [1.165, 1.54) is 0 Å². The monoisotopic (exact) mass is 414 g/mol.